The third kappa shape index (κ3) is 2.35. The molecule has 0 radical (unpaired) electrons. The van der Waals surface area contributed by atoms with Crippen LogP contribution in [0.4, 0.5) is 0 Å². The highest BCUT2D eigenvalue weighted by Crippen LogP contribution is 2.03. The second-order valence-electron chi connectivity index (χ2n) is 2.54. The van der Waals surface area contributed by atoms with Crippen molar-refractivity contribution in [2.24, 2.45) is 0 Å². The standard InChI is InChI=1S/C8H14N2O/c1-2-10-8(11)7-3-5-9-6-4-7/h3,9H,2,4-6H2,1H3,(H,10,11). The van der Waals surface area contributed by atoms with Gasteiger partial charge in [0.15, 0.2) is 0 Å². The fraction of sp³-hybridized carbons (Fsp3) is 0.625. The van der Waals surface area contributed by atoms with Crippen molar-refractivity contribution >= 4 is 5.91 Å². The molecule has 0 aromatic rings. The predicted octanol–water partition coefficient (Wildman–Crippen LogP) is 0.0422. The van der Waals surface area contributed by atoms with Crippen molar-refractivity contribution in [2.75, 3.05) is 19.6 Å². The molecule has 0 fully saturated rings. The first kappa shape index (κ1) is 8.27. The third-order valence-electron chi connectivity index (χ3n) is 1.69. The smallest absolute Gasteiger partial charge is 0.246 e. The molecule has 0 saturated carbocycles. The molecule has 0 saturated heterocycles. The van der Waals surface area contributed by atoms with Crippen molar-refractivity contribution in [1.29, 1.82) is 0 Å². The molecule has 0 bridgehead atoms. The lowest BCUT2D eigenvalue weighted by Gasteiger charge is -2.12. The Morgan fingerprint density at radius 3 is 3.18 bits per heavy atom. The normalized spacial score (nSPS) is 17.4. The molecule has 0 atom stereocenters. The lowest BCUT2D eigenvalue weighted by molar-refractivity contribution is -0.117. The Balaban J connectivity index is 2.44. The van der Waals surface area contributed by atoms with Crippen LogP contribution in [0.2, 0.25) is 0 Å². The molecule has 1 amide bonds. The Labute approximate surface area is 66.9 Å². The Morgan fingerprint density at radius 2 is 2.64 bits per heavy atom. The van der Waals surface area contributed by atoms with E-state index >= 15 is 0 Å². The summed E-state index contributed by atoms with van der Waals surface area (Å²) in [6, 6.07) is 0. The number of likely N-dealkylation sites (N-methyl/N-ethyl adjacent to an activating group) is 1. The monoisotopic (exact) mass is 154 g/mol. The van der Waals surface area contributed by atoms with Gasteiger partial charge in [0.05, 0.1) is 0 Å². The number of hydrogen-bond acceptors (Lipinski definition) is 2. The number of hydrogen-bond donors (Lipinski definition) is 2. The van der Waals surface area contributed by atoms with E-state index in [1.807, 2.05) is 13.0 Å². The van der Waals surface area contributed by atoms with Gasteiger partial charge in [-0.05, 0) is 19.9 Å². The zero-order valence-corrected chi connectivity index (χ0v) is 6.81. The molecule has 1 heterocycles. The van der Waals surface area contributed by atoms with Crippen LogP contribution in [-0.2, 0) is 4.79 Å². The molecule has 0 unspecified atom stereocenters. The molecule has 1 aliphatic heterocycles. The number of nitrogens with one attached hydrogen (secondary N) is 2. The molecule has 0 aliphatic carbocycles. The molecule has 0 spiro atoms. The van der Waals surface area contributed by atoms with Crippen molar-refractivity contribution in [3.63, 3.8) is 0 Å². The van der Waals surface area contributed by atoms with Gasteiger partial charge in [-0.15, -0.1) is 0 Å². The fourth-order valence-corrected chi connectivity index (χ4v) is 1.10. The van der Waals surface area contributed by atoms with Gasteiger partial charge in [-0.2, -0.15) is 0 Å². The Morgan fingerprint density at radius 1 is 1.82 bits per heavy atom. The fourth-order valence-electron chi connectivity index (χ4n) is 1.10. The second-order valence-corrected chi connectivity index (χ2v) is 2.54. The first-order valence-corrected chi connectivity index (χ1v) is 4.02. The van der Waals surface area contributed by atoms with E-state index in [-0.39, 0.29) is 5.91 Å². The topological polar surface area (TPSA) is 41.1 Å². The summed E-state index contributed by atoms with van der Waals surface area (Å²) in [5.74, 6) is 0.0917. The average Bonchev–Trinajstić information content (AvgIpc) is 2.07. The molecule has 1 rings (SSSR count). The Bertz CT molecular complexity index is 175. The van der Waals surface area contributed by atoms with Gasteiger partial charge >= 0.3 is 0 Å². The van der Waals surface area contributed by atoms with E-state index in [9.17, 15) is 4.79 Å². The van der Waals surface area contributed by atoms with Crippen LogP contribution in [-0.4, -0.2) is 25.5 Å². The van der Waals surface area contributed by atoms with Crippen LogP contribution < -0.4 is 10.6 Å². The average molecular weight is 154 g/mol. The minimum absolute atomic E-state index is 0.0917. The van der Waals surface area contributed by atoms with Gasteiger partial charge in [0.1, 0.15) is 0 Å². The maximum Gasteiger partial charge on any atom is 0.246 e. The molecular formula is C8H14N2O. The van der Waals surface area contributed by atoms with E-state index in [0.717, 1.165) is 25.1 Å². The van der Waals surface area contributed by atoms with E-state index in [1.165, 1.54) is 0 Å². The molecule has 1 aliphatic rings. The molecule has 0 aromatic carbocycles. The van der Waals surface area contributed by atoms with E-state index in [4.69, 9.17) is 0 Å². The van der Waals surface area contributed by atoms with Crippen LogP contribution in [0.1, 0.15) is 13.3 Å². The van der Waals surface area contributed by atoms with Gasteiger partial charge in [0.2, 0.25) is 5.91 Å². The van der Waals surface area contributed by atoms with Gasteiger partial charge in [-0.3, -0.25) is 4.79 Å². The molecule has 62 valence electrons. The summed E-state index contributed by atoms with van der Waals surface area (Å²) in [7, 11) is 0. The van der Waals surface area contributed by atoms with Gasteiger partial charge < -0.3 is 10.6 Å². The van der Waals surface area contributed by atoms with Crippen molar-refractivity contribution in [2.45, 2.75) is 13.3 Å². The molecular weight excluding hydrogens is 140 g/mol. The summed E-state index contributed by atoms with van der Waals surface area (Å²) in [4.78, 5) is 11.2. The molecule has 2 N–H and O–H groups in total. The quantitative estimate of drug-likeness (QED) is 0.589. The highest BCUT2D eigenvalue weighted by Gasteiger charge is 2.09. The van der Waals surface area contributed by atoms with E-state index in [1.54, 1.807) is 0 Å². The highest BCUT2D eigenvalue weighted by atomic mass is 16.1. The van der Waals surface area contributed by atoms with Crippen LogP contribution in [0.15, 0.2) is 11.6 Å². The molecule has 11 heavy (non-hydrogen) atoms. The summed E-state index contributed by atoms with van der Waals surface area (Å²) >= 11 is 0. The van der Waals surface area contributed by atoms with Gasteiger partial charge in [-0.1, -0.05) is 6.08 Å². The Hall–Kier alpha value is -0.830. The summed E-state index contributed by atoms with van der Waals surface area (Å²) in [6.45, 7) is 4.39. The van der Waals surface area contributed by atoms with E-state index in [0.29, 0.717) is 6.54 Å². The van der Waals surface area contributed by atoms with Crippen LogP contribution in [0, 0.1) is 0 Å². The van der Waals surface area contributed by atoms with Crippen LogP contribution in [0.5, 0.6) is 0 Å². The van der Waals surface area contributed by atoms with Crippen LogP contribution >= 0.6 is 0 Å². The number of rotatable bonds is 2. The lowest BCUT2D eigenvalue weighted by Crippen LogP contribution is -2.30. The van der Waals surface area contributed by atoms with Gasteiger partial charge in [0, 0.05) is 18.7 Å². The SMILES string of the molecule is CCNC(=O)C1=CCNCC1. The second kappa shape index (κ2) is 4.13. The predicted molar refractivity (Wildman–Crippen MR) is 44.3 cm³/mol. The lowest BCUT2D eigenvalue weighted by atomic mass is 10.1. The van der Waals surface area contributed by atoms with Gasteiger partial charge in [0.25, 0.3) is 0 Å². The molecule has 3 nitrogen and oxygen atoms in total. The third-order valence-corrected chi connectivity index (χ3v) is 1.69. The highest BCUT2D eigenvalue weighted by molar-refractivity contribution is 5.93. The van der Waals surface area contributed by atoms with Crippen LogP contribution in [0.25, 0.3) is 0 Å². The maximum absolute atomic E-state index is 11.2. The van der Waals surface area contributed by atoms with Crippen molar-refractivity contribution in [3.05, 3.63) is 11.6 Å². The number of carbonyl (C=O) groups excluding carboxylic acids is 1. The zero-order chi connectivity index (χ0) is 8.10. The maximum atomic E-state index is 11.2. The first-order valence-electron chi connectivity index (χ1n) is 4.02. The minimum atomic E-state index is 0.0917. The number of carbonyl (C=O) groups is 1. The van der Waals surface area contributed by atoms with Gasteiger partial charge in [-0.25, -0.2) is 0 Å². The number of amides is 1. The molecule has 3 heteroatoms. The van der Waals surface area contributed by atoms with E-state index < -0.39 is 0 Å². The van der Waals surface area contributed by atoms with Crippen molar-refractivity contribution in [1.82, 2.24) is 10.6 Å². The summed E-state index contributed by atoms with van der Waals surface area (Å²) in [5, 5.41) is 5.94. The minimum Gasteiger partial charge on any atom is -0.353 e. The summed E-state index contributed by atoms with van der Waals surface area (Å²) in [5.41, 5.74) is 0.922. The largest absolute Gasteiger partial charge is 0.353 e. The summed E-state index contributed by atoms with van der Waals surface area (Å²) in [6.07, 6.45) is 2.81. The Kier molecular flexibility index (Phi) is 3.11. The first-order chi connectivity index (χ1) is 5.34. The van der Waals surface area contributed by atoms with Crippen LogP contribution in [0.3, 0.4) is 0 Å². The summed E-state index contributed by atoms with van der Waals surface area (Å²) < 4.78 is 0. The van der Waals surface area contributed by atoms with Crippen molar-refractivity contribution < 1.29 is 4.79 Å². The van der Waals surface area contributed by atoms with E-state index in [2.05, 4.69) is 10.6 Å². The zero-order valence-electron chi connectivity index (χ0n) is 6.81. The van der Waals surface area contributed by atoms with Crippen molar-refractivity contribution in [3.8, 4) is 0 Å². The molecule has 0 aromatic heterocycles.